The molecule has 11 heteroatoms. The number of methoxy groups -OCH3 is 1. The summed E-state index contributed by atoms with van der Waals surface area (Å²) < 4.78 is 20.0. The minimum absolute atomic E-state index is 0.0518. The fourth-order valence-corrected chi connectivity index (χ4v) is 4.51. The first-order valence-corrected chi connectivity index (χ1v) is 11.0. The van der Waals surface area contributed by atoms with Gasteiger partial charge in [0, 0.05) is 58.2 Å². The molecule has 1 amide bonds. The van der Waals surface area contributed by atoms with Crippen molar-refractivity contribution in [2.24, 2.45) is 11.8 Å². The predicted octanol–water partition coefficient (Wildman–Crippen LogP) is 2.01. The molecule has 180 valence electrons. The Labute approximate surface area is 198 Å². The molecule has 10 nitrogen and oxygen atoms in total. The molecule has 2 unspecified atom stereocenters. The molecule has 0 radical (unpaired) electrons. The van der Waals surface area contributed by atoms with E-state index < -0.39 is 5.83 Å². The molecule has 2 saturated heterocycles. The lowest BCUT2D eigenvalue weighted by atomic mass is 10.0. The second kappa shape index (κ2) is 9.62. The molecular weight excluding hydrogens is 439 g/mol. The number of anilines is 2. The molecule has 4 heterocycles. The average Bonchev–Trinajstić information content (AvgIpc) is 3.54. The van der Waals surface area contributed by atoms with E-state index in [2.05, 4.69) is 31.6 Å². The number of carbonyl (C=O) groups excluding carboxylic acids is 1. The molecule has 2 atom stereocenters. The van der Waals surface area contributed by atoms with Crippen LogP contribution in [0.3, 0.4) is 0 Å². The van der Waals surface area contributed by atoms with Crippen molar-refractivity contribution < 1.29 is 13.9 Å². The van der Waals surface area contributed by atoms with E-state index in [0.717, 1.165) is 18.9 Å². The van der Waals surface area contributed by atoms with Gasteiger partial charge in [0.1, 0.15) is 17.3 Å². The largest absolute Gasteiger partial charge is 0.481 e. The van der Waals surface area contributed by atoms with Crippen molar-refractivity contribution in [2.45, 2.75) is 6.92 Å². The summed E-state index contributed by atoms with van der Waals surface area (Å²) in [7, 11) is 5.35. The van der Waals surface area contributed by atoms with Crippen LogP contribution in [0.25, 0.3) is 5.70 Å². The van der Waals surface area contributed by atoms with Gasteiger partial charge in [0.2, 0.25) is 11.8 Å². The molecule has 0 N–H and O–H groups in total. The molecule has 2 aromatic heterocycles. The minimum atomic E-state index is -0.585. The number of rotatable bonds is 7. The van der Waals surface area contributed by atoms with E-state index in [9.17, 15) is 9.18 Å². The number of amides is 1. The molecule has 0 spiro atoms. The Morgan fingerprint density at radius 2 is 1.82 bits per heavy atom. The summed E-state index contributed by atoms with van der Waals surface area (Å²) in [4.78, 5) is 29.4. The standard InChI is InChI=1S/C23H29FN8O2/c1-6-7-18(32-25-8-9-26-32)21(15(2)24)22(33)31-13-16-11-30(12-17(16)14-31)19-10-20(34-5)28-23(27-19)29(3)4/h6-10,16-17H,1,11-14H2,2-5H3/b18-7+,21-15-. The van der Waals surface area contributed by atoms with Crippen LogP contribution in [0.15, 0.2) is 48.6 Å². The van der Waals surface area contributed by atoms with E-state index in [0.29, 0.717) is 24.9 Å². The summed E-state index contributed by atoms with van der Waals surface area (Å²) in [6.07, 6.45) is 5.99. The number of fused-ring (bicyclic) bond motifs is 1. The van der Waals surface area contributed by atoms with Crippen molar-refractivity contribution in [3.05, 3.63) is 48.6 Å². The zero-order valence-electron chi connectivity index (χ0n) is 19.8. The first kappa shape index (κ1) is 23.4. The summed E-state index contributed by atoms with van der Waals surface area (Å²) in [6.45, 7) is 7.51. The van der Waals surface area contributed by atoms with Gasteiger partial charge in [-0.25, -0.2) is 4.39 Å². The Morgan fingerprint density at radius 3 is 2.35 bits per heavy atom. The molecule has 2 aliphatic rings. The van der Waals surface area contributed by atoms with Gasteiger partial charge in [0.15, 0.2) is 0 Å². The fourth-order valence-electron chi connectivity index (χ4n) is 4.51. The van der Waals surface area contributed by atoms with Crippen molar-refractivity contribution in [1.82, 2.24) is 29.9 Å². The molecule has 2 aromatic rings. The molecule has 2 aliphatic heterocycles. The molecule has 34 heavy (non-hydrogen) atoms. The number of allylic oxidation sites excluding steroid dienone is 3. The molecule has 4 rings (SSSR count). The van der Waals surface area contributed by atoms with Gasteiger partial charge in [0.05, 0.1) is 25.1 Å². The number of nitrogens with zero attached hydrogens (tertiary/aromatic N) is 8. The Kier molecular flexibility index (Phi) is 6.62. The summed E-state index contributed by atoms with van der Waals surface area (Å²) in [5.41, 5.74) is 0.206. The van der Waals surface area contributed by atoms with Gasteiger partial charge >= 0.3 is 0 Å². The van der Waals surface area contributed by atoms with Crippen LogP contribution < -0.4 is 14.5 Å². The van der Waals surface area contributed by atoms with Crippen LogP contribution in [-0.4, -0.2) is 83.2 Å². The highest BCUT2D eigenvalue weighted by atomic mass is 19.1. The molecular formula is C23H29FN8O2. The first-order chi connectivity index (χ1) is 16.3. The quantitative estimate of drug-likeness (QED) is 0.450. The van der Waals surface area contributed by atoms with Gasteiger partial charge in [0.25, 0.3) is 5.91 Å². The Balaban J connectivity index is 1.51. The number of aromatic nitrogens is 5. The third kappa shape index (κ3) is 4.50. The summed E-state index contributed by atoms with van der Waals surface area (Å²) in [5.74, 6) is 1.43. The van der Waals surface area contributed by atoms with Crippen molar-refractivity contribution in [3.8, 4) is 5.88 Å². The number of halogens is 1. The smallest absolute Gasteiger partial charge is 0.258 e. The maximum absolute atomic E-state index is 14.6. The van der Waals surface area contributed by atoms with E-state index in [-0.39, 0.29) is 29.0 Å². The lowest BCUT2D eigenvalue weighted by Gasteiger charge is -2.24. The zero-order valence-corrected chi connectivity index (χ0v) is 19.8. The van der Waals surface area contributed by atoms with Crippen LogP contribution in [0.1, 0.15) is 6.92 Å². The van der Waals surface area contributed by atoms with Crippen LogP contribution >= 0.6 is 0 Å². The predicted molar refractivity (Wildman–Crippen MR) is 127 cm³/mol. The van der Waals surface area contributed by atoms with Crippen LogP contribution in [0.4, 0.5) is 16.2 Å². The van der Waals surface area contributed by atoms with Crippen LogP contribution in [0, 0.1) is 11.8 Å². The normalized spacial score (nSPS) is 20.8. The number of likely N-dealkylation sites (tertiary alicyclic amines) is 1. The summed E-state index contributed by atoms with van der Waals surface area (Å²) in [6, 6.07) is 1.83. The van der Waals surface area contributed by atoms with Crippen LogP contribution in [-0.2, 0) is 4.79 Å². The second-order valence-corrected chi connectivity index (χ2v) is 8.61. The fraction of sp³-hybridized carbons (Fsp3) is 0.435. The van der Waals surface area contributed by atoms with Crippen LogP contribution in [0.2, 0.25) is 0 Å². The first-order valence-electron chi connectivity index (χ1n) is 11.0. The van der Waals surface area contributed by atoms with Gasteiger partial charge in [-0.15, -0.1) is 0 Å². The van der Waals surface area contributed by atoms with Crippen molar-refractivity contribution in [2.75, 3.05) is 57.2 Å². The average molecular weight is 469 g/mol. The topological polar surface area (TPSA) is 92.5 Å². The van der Waals surface area contributed by atoms with E-state index in [1.165, 1.54) is 30.2 Å². The summed E-state index contributed by atoms with van der Waals surface area (Å²) in [5, 5.41) is 8.13. The van der Waals surface area contributed by atoms with E-state index >= 15 is 0 Å². The zero-order chi connectivity index (χ0) is 24.4. The van der Waals surface area contributed by atoms with Gasteiger partial charge in [-0.2, -0.15) is 25.0 Å². The van der Waals surface area contributed by atoms with E-state index in [4.69, 9.17) is 4.74 Å². The second-order valence-electron chi connectivity index (χ2n) is 8.61. The number of carbonyl (C=O) groups is 1. The lowest BCUT2D eigenvalue weighted by molar-refractivity contribution is -0.126. The van der Waals surface area contributed by atoms with Gasteiger partial charge in [-0.1, -0.05) is 12.7 Å². The van der Waals surface area contributed by atoms with Gasteiger partial charge in [-0.3, -0.25) is 4.79 Å². The Hall–Kier alpha value is -3.76. The minimum Gasteiger partial charge on any atom is -0.481 e. The highest BCUT2D eigenvalue weighted by molar-refractivity contribution is 6.06. The van der Waals surface area contributed by atoms with Crippen molar-refractivity contribution in [3.63, 3.8) is 0 Å². The third-order valence-corrected chi connectivity index (χ3v) is 6.11. The molecule has 0 aliphatic carbocycles. The van der Waals surface area contributed by atoms with E-state index in [1.54, 1.807) is 18.1 Å². The van der Waals surface area contributed by atoms with Crippen molar-refractivity contribution in [1.29, 1.82) is 0 Å². The lowest BCUT2D eigenvalue weighted by Crippen LogP contribution is -2.35. The highest BCUT2D eigenvalue weighted by Crippen LogP contribution is 2.36. The molecule has 0 bridgehead atoms. The molecule has 2 fully saturated rings. The number of hydrogen-bond donors (Lipinski definition) is 0. The highest BCUT2D eigenvalue weighted by Gasteiger charge is 2.43. The van der Waals surface area contributed by atoms with Crippen LogP contribution in [0.5, 0.6) is 5.88 Å². The number of ether oxygens (including phenoxy) is 1. The Morgan fingerprint density at radius 1 is 1.18 bits per heavy atom. The third-order valence-electron chi connectivity index (χ3n) is 6.11. The monoisotopic (exact) mass is 468 g/mol. The van der Waals surface area contributed by atoms with Crippen molar-refractivity contribution >= 4 is 23.4 Å². The van der Waals surface area contributed by atoms with Gasteiger partial charge < -0.3 is 19.4 Å². The molecule has 0 aromatic carbocycles. The molecule has 0 saturated carbocycles. The Bertz CT molecular complexity index is 1110. The summed E-state index contributed by atoms with van der Waals surface area (Å²) >= 11 is 0. The number of hydrogen-bond acceptors (Lipinski definition) is 8. The maximum Gasteiger partial charge on any atom is 0.258 e. The van der Waals surface area contributed by atoms with E-state index in [1.807, 2.05) is 25.1 Å². The maximum atomic E-state index is 14.6. The SMILES string of the molecule is C=C/C=C(\C(C(=O)N1CC2CN(c3cc(OC)nc(N(C)C)n3)CC2C1)=C(/C)F)n1nccn1. The van der Waals surface area contributed by atoms with Gasteiger partial charge in [-0.05, 0) is 13.0 Å².